The summed E-state index contributed by atoms with van der Waals surface area (Å²) in [6.45, 7) is 2.48. The van der Waals surface area contributed by atoms with E-state index in [0.717, 1.165) is 0 Å². The van der Waals surface area contributed by atoms with E-state index in [1.54, 1.807) is 10.7 Å². The molecule has 1 heterocycles. The quantitative estimate of drug-likeness (QED) is 0.827. The van der Waals surface area contributed by atoms with Gasteiger partial charge < -0.3 is 0 Å². The van der Waals surface area contributed by atoms with Crippen LogP contribution in [0.5, 0.6) is 0 Å². The molecule has 1 aromatic carbocycles. The molecule has 86 valence electrons. The van der Waals surface area contributed by atoms with E-state index < -0.39 is 9.05 Å². The molecule has 2 aromatic rings. The molecule has 2 rings (SSSR count). The van der Waals surface area contributed by atoms with Gasteiger partial charge in [-0.15, -0.1) is 0 Å². The van der Waals surface area contributed by atoms with Gasteiger partial charge in [0.1, 0.15) is 0 Å². The van der Waals surface area contributed by atoms with Crippen molar-refractivity contribution in [1.29, 1.82) is 0 Å². The Hall–Kier alpha value is -1.27. The fourth-order valence-electron chi connectivity index (χ4n) is 1.58. The molecule has 0 aliphatic rings. The number of rotatable bonds is 2. The molecule has 7 heteroatoms. The third-order valence-corrected chi connectivity index (χ3v) is 3.69. The molecular weight excluding hydrogens is 252 g/mol. The van der Waals surface area contributed by atoms with Gasteiger partial charge in [0, 0.05) is 17.2 Å². The van der Waals surface area contributed by atoms with Crippen molar-refractivity contribution in [2.75, 3.05) is 0 Å². The van der Waals surface area contributed by atoms with Gasteiger partial charge in [-0.05, 0) is 25.1 Å². The number of H-pyrrole nitrogens is 1. The van der Waals surface area contributed by atoms with E-state index in [1.807, 2.05) is 6.92 Å². The number of hydrogen-bond donors (Lipinski definition) is 1. The Morgan fingerprint density at radius 2 is 2.12 bits per heavy atom. The lowest BCUT2D eigenvalue weighted by Crippen LogP contribution is -2.03. The van der Waals surface area contributed by atoms with E-state index in [-0.39, 0.29) is 10.5 Å². The van der Waals surface area contributed by atoms with Crippen LogP contribution in [0.1, 0.15) is 6.92 Å². The smallest absolute Gasteiger partial charge is 0.272 e. The van der Waals surface area contributed by atoms with Crippen LogP contribution in [0.2, 0.25) is 0 Å². The molecule has 1 N–H and O–H groups in total. The van der Waals surface area contributed by atoms with Gasteiger partial charge in [0.15, 0.2) is 0 Å². The number of nitrogens with one attached hydrogen (secondary N) is 1. The molecule has 16 heavy (non-hydrogen) atoms. The summed E-state index contributed by atoms with van der Waals surface area (Å²) >= 11 is 0. The summed E-state index contributed by atoms with van der Waals surface area (Å²) in [5.41, 5.74) is 0.343. The van der Waals surface area contributed by atoms with Gasteiger partial charge in [-0.3, -0.25) is 14.6 Å². The minimum absolute atomic E-state index is 0.0685. The van der Waals surface area contributed by atoms with Crippen LogP contribution in [-0.2, 0) is 15.6 Å². The number of halogens is 1. The first kappa shape index (κ1) is 11.2. The van der Waals surface area contributed by atoms with Crippen molar-refractivity contribution in [3.63, 3.8) is 0 Å². The fourth-order valence-corrected chi connectivity index (χ4v) is 2.35. The Bertz CT molecular complexity index is 699. The molecule has 0 aliphatic carbocycles. The van der Waals surface area contributed by atoms with Gasteiger partial charge in [0.2, 0.25) is 0 Å². The molecule has 0 saturated carbocycles. The van der Waals surface area contributed by atoms with Crippen LogP contribution in [0.15, 0.2) is 27.9 Å². The highest BCUT2D eigenvalue weighted by atomic mass is 35.7. The third-order valence-electron chi connectivity index (χ3n) is 2.34. The summed E-state index contributed by atoms with van der Waals surface area (Å²) < 4.78 is 23.9. The Morgan fingerprint density at radius 3 is 2.69 bits per heavy atom. The Balaban J connectivity index is 2.83. The van der Waals surface area contributed by atoms with Crippen LogP contribution in [0.4, 0.5) is 0 Å². The molecule has 0 aliphatic heterocycles. The van der Waals surface area contributed by atoms with Crippen molar-refractivity contribution in [3.05, 3.63) is 28.6 Å². The zero-order valence-electron chi connectivity index (χ0n) is 8.40. The van der Waals surface area contributed by atoms with E-state index in [1.165, 1.54) is 12.1 Å². The van der Waals surface area contributed by atoms with E-state index in [4.69, 9.17) is 10.7 Å². The number of nitrogens with zero attached hydrogens (tertiary/aromatic N) is 1. The maximum absolute atomic E-state index is 11.5. The summed E-state index contributed by atoms with van der Waals surface area (Å²) in [5.74, 6) is 0. The zero-order valence-corrected chi connectivity index (χ0v) is 9.97. The maximum atomic E-state index is 11.5. The predicted molar refractivity (Wildman–Crippen MR) is 61.3 cm³/mol. The number of fused-ring (bicyclic) bond motifs is 1. The molecule has 0 amide bonds. The number of hydrogen-bond acceptors (Lipinski definition) is 3. The van der Waals surface area contributed by atoms with E-state index in [2.05, 4.69) is 5.10 Å². The monoisotopic (exact) mass is 260 g/mol. The Labute approximate surface area is 96.0 Å². The molecule has 0 saturated heterocycles. The summed E-state index contributed by atoms with van der Waals surface area (Å²) in [5, 5.41) is 2.93. The van der Waals surface area contributed by atoms with Crippen molar-refractivity contribution in [1.82, 2.24) is 9.78 Å². The average Bonchev–Trinajstić information content (AvgIpc) is 2.54. The number of aromatic nitrogens is 2. The standard InChI is InChI=1S/C9H9ClN2O3S/c1-2-12-8-4-3-6(16(10,14)15)5-7(8)9(13)11-12/h3-5H,2H2,1H3,(H,11,13). The molecule has 0 fully saturated rings. The normalized spacial score (nSPS) is 12.1. The molecule has 0 atom stereocenters. The van der Waals surface area contributed by atoms with E-state index >= 15 is 0 Å². The fraction of sp³-hybridized carbons (Fsp3) is 0.222. The van der Waals surface area contributed by atoms with Crippen LogP contribution in [-0.4, -0.2) is 18.2 Å². The van der Waals surface area contributed by atoms with Gasteiger partial charge in [0.25, 0.3) is 14.6 Å². The third kappa shape index (κ3) is 1.74. The topological polar surface area (TPSA) is 71.9 Å². The number of benzene rings is 1. The van der Waals surface area contributed by atoms with Gasteiger partial charge in [-0.25, -0.2) is 8.42 Å². The van der Waals surface area contributed by atoms with Crippen molar-refractivity contribution in [3.8, 4) is 0 Å². The predicted octanol–water partition coefficient (Wildman–Crippen LogP) is 1.28. The maximum Gasteiger partial charge on any atom is 0.272 e. The second kappa shape index (κ2) is 3.64. The highest BCUT2D eigenvalue weighted by molar-refractivity contribution is 8.13. The highest BCUT2D eigenvalue weighted by Crippen LogP contribution is 2.19. The van der Waals surface area contributed by atoms with Crippen LogP contribution in [0, 0.1) is 0 Å². The van der Waals surface area contributed by atoms with Crippen molar-refractivity contribution in [2.45, 2.75) is 18.4 Å². The molecule has 0 spiro atoms. The second-order valence-electron chi connectivity index (χ2n) is 3.30. The lowest BCUT2D eigenvalue weighted by molar-refractivity contribution is 0.609. The van der Waals surface area contributed by atoms with Gasteiger partial charge in [0.05, 0.1) is 15.8 Å². The van der Waals surface area contributed by atoms with Crippen LogP contribution in [0.3, 0.4) is 0 Å². The highest BCUT2D eigenvalue weighted by Gasteiger charge is 2.13. The summed E-state index contributed by atoms with van der Waals surface area (Å²) in [7, 11) is 1.41. The lowest BCUT2D eigenvalue weighted by Gasteiger charge is -1.99. The lowest BCUT2D eigenvalue weighted by atomic mass is 10.2. The first-order chi connectivity index (χ1) is 7.43. The van der Waals surface area contributed by atoms with Gasteiger partial charge >= 0.3 is 0 Å². The largest absolute Gasteiger partial charge is 0.285 e. The van der Waals surface area contributed by atoms with Crippen molar-refractivity contribution < 1.29 is 8.42 Å². The molecule has 0 radical (unpaired) electrons. The van der Waals surface area contributed by atoms with Crippen molar-refractivity contribution in [2.24, 2.45) is 0 Å². The first-order valence-corrected chi connectivity index (χ1v) is 6.91. The molecule has 0 unspecified atom stereocenters. The van der Waals surface area contributed by atoms with Crippen LogP contribution < -0.4 is 5.56 Å². The Morgan fingerprint density at radius 1 is 1.44 bits per heavy atom. The van der Waals surface area contributed by atoms with E-state index in [0.29, 0.717) is 17.4 Å². The van der Waals surface area contributed by atoms with E-state index in [9.17, 15) is 13.2 Å². The summed E-state index contributed by atoms with van der Waals surface area (Å²) in [6.07, 6.45) is 0. The molecule has 1 aromatic heterocycles. The van der Waals surface area contributed by atoms with Crippen LogP contribution >= 0.6 is 10.7 Å². The van der Waals surface area contributed by atoms with Crippen molar-refractivity contribution >= 4 is 30.6 Å². The zero-order chi connectivity index (χ0) is 11.9. The summed E-state index contributed by atoms with van der Waals surface area (Å²) in [4.78, 5) is 11.5. The minimum atomic E-state index is -3.80. The second-order valence-corrected chi connectivity index (χ2v) is 5.87. The summed E-state index contributed by atoms with van der Waals surface area (Å²) in [6, 6.07) is 4.22. The molecule has 5 nitrogen and oxygen atoms in total. The Kier molecular flexibility index (Phi) is 2.55. The SMILES string of the molecule is CCn1[nH]c(=O)c2cc(S(=O)(=O)Cl)ccc21. The molecule has 0 bridgehead atoms. The number of aryl methyl sites for hydroxylation is 1. The van der Waals surface area contributed by atoms with Gasteiger partial charge in [-0.2, -0.15) is 0 Å². The minimum Gasteiger partial charge on any atom is -0.285 e. The van der Waals surface area contributed by atoms with Crippen LogP contribution in [0.25, 0.3) is 10.9 Å². The average molecular weight is 261 g/mol. The molecular formula is C9H9ClN2O3S. The first-order valence-electron chi connectivity index (χ1n) is 4.60. The van der Waals surface area contributed by atoms with Gasteiger partial charge in [-0.1, -0.05) is 0 Å². The number of aromatic amines is 1.